The molecule has 74 valence electrons. The molecule has 1 saturated heterocycles. The van der Waals surface area contributed by atoms with Gasteiger partial charge in [-0.2, -0.15) is 0 Å². The third-order valence-corrected chi connectivity index (χ3v) is 1.59. The molecule has 6 heteroatoms. The van der Waals surface area contributed by atoms with E-state index in [-0.39, 0.29) is 13.1 Å². The Bertz CT molecular complexity index is 221. The highest BCUT2D eigenvalue weighted by atomic mass is 19.3. The molecule has 0 unspecified atom stereocenters. The molecule has 0 aliphatic carbocycles. The zero-order valence-electron chi connectivity index (χ0n) is 7.14. The first-order valence-electron chi connectivity index (χ1n) is 3.82. The van der Waals surface area contributed by atoms with Crippen molar-refractivity contribution >= 4 is 11.8 Å². The lowest BCUT2D eigenvalue weighted by molar-refractivity contribution is -0.151. The van der Waals surface area contributed by atoms with E-state index in [4.69, 9.17) is 0 Å². The minimum atomic E-state index is -3.03. The fourth-order valence-electron chi connectivity index (χ4n) is 1.06. The molecule has 0 aromatic heterocycles. The first kappa shape index (κ1) is 10.0. The number of hydrogen-bond donors (Lipinski definition) is 1. The second-order valence-electron chi connectivity index (χ2n) is 3.05. The highest BCUT2D eigenvalue weighted by molar-refractivity contribution is 5.99. The Balaban J connectivity index is 2.65. The Kier molecular flexibility index (Phi) is 2.60. The number of halogens is 2. The fourth-order valence-corrected chi connectivity index (χ4v) is 1.06. The number of rotatable bonds is 2. The predicted octanol–water partition coefficient (Wildman–Crippen LogP) is -0.400. The van der Waals surface area contributed by atoms with Crippen molar-refractivity contribution in [2.75, 3.05) is 19.6 Å². The number of carbonyl (C=O) groups excluding carboxylic acids is 2. The summed E-state index contributed by atoms with van der Waals surface area (Å²) in [5.74, 6) is -4.22. The van der Waals surface area contributed by atoms with Crippen LogP contribution in [0.25, 0.3) is 0 Å². The van der Waals surface area contributed by atoms with E-state index in [2.05, 4.69) is 5.32 Å². The highest BCUT2D eigenvalue weighted by Gasteiger charge is 2.33. The van der Waals surface area contributed by atoms with Crippen LogP contribution in [0.3, 0.4) is 0 Å². The maximum absolute atomic E-state index is 12.5. The van der Waals surface area contributed by atoms with Gasteiger partial charge in [0, 0.05) is 6.92 Å². The van der Waals surface area contributed by atoms with Gasteiger partial charge in [-0.3, -0.25) is 19.8 Å². The van der Waals surface area contributed by atoms with Gasteiger partial charge in [0.1, 0.15) is 0 Å². The van der Waals surface area contributed by atoms with Crippen molar-refractivity contribution < 1.29 is 18.4 Å². The van der Waals surface area contributed by atoms with Crippen molar-refractivity contribution in [2.45, 2.75) is 12.8 Å². The van der Waals surface area contributed by atoms with Crippen LogP contribution in [0.15, 0.2) is 0 Å². The van der Waals surface area contributed by atoms with Gasteiger partial charge in [-0.1, -0.05) is 0 Å². The Morgan fingerprint density at radius 3 is 2.23 bits per heavy atom. The number of hydrogen-bond acceptors (Lipinski definition) is 3. The minimum absolute atomic E-state index is 0.0538. The Labute approximate surface area is 73.9 Å². The van der Waals surface area contributed by atoms with Crippen molar-refractivity contribution in [3.05, 3.63) is 0 Å². The van der Waals surface area contributed by atoms with Gasteiger partial charge in [0.15, 0.2) is 0 Å². The number of piperazine rings is 1. The third-order valence-electron chi connectivity index (χ3n) is 1.59. The summed E-state index contributed by atoms with van der Waals surface area (Å²) in [6.07, 6.45) is 0. The van der Waals surface area contributed by atoms with E-state index in [1.54, 1.807) is 0 Å². The topological polar surface area (TPSA) is 49.4 Å². The maximum atomic E-state index is 12.5. The second-order valence-corrected chi connectivity index (χ2v) is 3.05. The summed E-state index contributed by atoms with van der Waals surface area (Å²) in [4.78, 5) is 22.6. The first-order chi connectivity index (χ1) is 5.90. The molecular formula is C7H10F2N2O2. The van der Waals surface area contributed by atoms with Crippen molar-refractivity contribution in [1.82, 2.24) is 10.2 Å². The van der Waals surface area contributed by atoms with E-state index in [1.807, 2.05) is 0 Å². The SMILES string of the molecule is CC(F)(F)CN1C(=O)CNCC1=O. The molecule has 13 heavy (non-hydrogen) atoms. The van der Waals surface area contributed by atoms with E-state index in [1.165, 1.54) is 0 Å². The van der Waals surface area contributed by atoms with Crippen LogP contribution in [0.2, 0.25) is 0 Å². The summed E-state index contributed by atoms with van der Waals surface area (Å²) in [5.41, 5.74) is 0. The lowest BCUT2D eigenvalue weighted by Gasteiger charge is -2.27. The van der Waals surface area contributed by atoms with Gasteiger partial charge in [0.25, 0.3) is 5.92 Å². The molecule has 0 atom stereocenters. The predicted molar refractivity (Wildman–Crippen MR) is 40.2 cm³/mol. The zero-order valence-corrected chi connectivity index (χ0v) is 7.14. The number of imide groups is 1. The zero-order chi connectivity index (χ0) is 10.1. The third kappa shape index (κ3) is 2.73. The second kappa shape index (κ2) is 3.37. The lowest BCUT2D eigenvalue weighted by Crippen LogP contribution is -2.54. The molecule has 0 bridgehead atoms. The Morgan fingerprint density at radius 2 is 1.85 bits per heavy atom. The van der Waals surface area contributed by atoms with Crippen LogP contribution >= 0.6 is 0 Å². The van der Waals surface area contributed by atoms with Gasteiger partial charge in [0.05, 0.1) is 19.6 Å². The lowest BCUT2D eigenvalue weighted by atomic mass is 10.3. The molecule has 1 aliphatic heterocycles. The van der Waals surface area contributed by atoms with Crippen LogP contribution in [0.1, 0.15) is 6.92 Å². The van der Waals surface area contributed by atoms with Crippen LogP contribution in [0.4, 0.5) is 8.78 Å². The average Bonchev–Trinajstić information content (AvgIpc) is 1.95. The van der Waals surface area contributed by atoms with Crippen LogP contribution in [-0.2, 0) is 9.59 Å². The molecule has 1 rings (SSSR count). The normalized spacial score (nSPS) is 19.5. The van der Waals surface area contributed by atoms with Gasteiger partial charge in [0.2, 0.25) is 11.8 Å². The van der Waals surface area contributed by atoms with E-state index < -0.39 is 24.3 Å². The Hall–Kier alpha value is -1.04. The number of nitrogens with zero attached hydrogens (tertiary/aromatic N) is 1. The van der Waals surface area contributed by atoms with Crippen LogP contribution < -0.4 is 5.32 Å². The molecule has 1 fully saturated rings. The average molecular weight is 192 g/mol. The summed E-state index contributed by atoms with van der Waals surface area (Å²) < 4.78 is 25.0. The summed E-state index contributed by atoms with van der Waals surface area (Å²) in [6.45, 7) is -0.258. The van der Waals surface area contributed by atoms with Gasteiger partial charge in [-0.15, -0.1) is 0 Å². The van der Waals surface area contributed by atoms with E-state index in [0.717, 1.165) is 0 Å². The van der Waals surface area contributed by atoms with Crippen molar-refractivity contribution in [3.63, 3.8) is 0 Å². The largest absolute Gasteiger partial charge is 0.300 e. The van der Waals surface area contributed by atoms with Crippen LogP contribution in [0.5, 0.6) is 0 Å². The summed E-state index contributed by atoms with van der Waals surface area (Å²) in [6, 6.07) is 0. The van der Waals surface area contributed by atoms with Crippen molar-refractivity contribution in [3.8, 4) is 0 Å². The molecule has 1 N–H and O–H groups in total. The molecular weight excluding hydrogens is 182 g/mol. The van der Waals surface area contributed by atoms with Crippen molar-refractivity contribution in [1.29, 1.82) is 0 Å². The summed E-state index contributed by atoms with van der Waals surface area (Å²) in [5, 5.41) is 2.51. The number of amides is 2. The maximum Gasteiger partial charge on any atom is 0.263 e. The smallest absolute Gasteiger partial charge is 0.263 e. The molecule has 0 saturated carbocycles. The standard InChI is InChI=1S/C7H10F2N2O2/c1-7(8,9)4-11-5(12)2-10-3-6(11)13/h10H,2-4H2,1H3. The first-order valence-corrected chi connectivity index (χ1v) is 3.82. The van der Waals surface area contributed by atoms with Crippen LogP contribution in [-0.4, -0.2) is 42.3 Å². The molecule has 1 heterocycles. The molecule has 4 nitrogen and oxygen atoms in total. The van der Waals surface area contributed by atoms with E-state index in [9.17, 15) is 18.4 Å². The van der Waals surface area contributed by atoms with E-state index >= 15 is 0 Å². The summed E-state index contributed by atoms with van der Waals surface area (Å²) in [7, 11) is 0. The quantitative estimate of drug-likeness (QED) is 0.605. The van der Waals surface area contributed by atoms with Gasteiger partial charge < -0.3 is 0 Å². The van der Waals surface area contributed by atoms with E-state index in [0.29, 0.717) is 11.8 Å². The molecule has 1 aliphatic rings. The van der Waals surface area contributed by atoms with Gasteiger partial charge in [-0.05, 0) is 0 Å². The molecule has 0 radical (unpaired) electrons. The molecule has 0 aromatic carbocycles. The number of carbonyl (C=O) groups is 2. The summed E-state index contributed by atoms with van der Waals surface area (Å²) >= 11 is 0. The number of nitrogens with one attached hydrogen (secondary N) is 1. The number of alkyl halides is 2. The Morgan fingerprint density at radius 1 is 1.38 bits per heavy atom. The van der Waals surface area contributed by atoms with Crippen molar-refractivity contribution in [2.24, 2.45) is 0 Å². The highest BCUT2D eigenvalue weighted by Crippen LogP contribution is 2.14. The molecule has 2 amide bonds. The van der Waals surface area contributed by atoms with Gasteiger partial charge >= 0.3 is 0 Å². The monoisotopic (exact) mass is 192 g/mol. The molecule has 0 spiro atoms. The fraction of sp³-hybridized carbons (Fsp3) is 0.714. The van der Waals surface area contributed by atoms with Gasteiger partial charge in [-0.25, -0.2) is 8.78 Å². The van der Waals surface area contributed by atoms with Crippen LogP contribution in [0, 0.1) is 0 Å². The molecule has 0 aromatic rings. The minimum Gasteiger partial charge on any atom is -0.300 e.